The Morgan fingerprint density at radius 3 is 2.81 bits per heavy atom. The molecule has 0 spiro atoms. The molecule has 6 nitrogen and oxygen atoms in total. The second kappa shape index (κ2) is 6.63. The summed E-state index contributed by atoms with van der Waals surface area (Å²) < 4.78 is 7.52. The third-order valence-electron chi connectivity index (χ3n) is 4.49. The van der Waals surface area contributed by atoms with Gasteiger partial charge in [0.25, 0.3) is 0 Å². The molecule has 0 amide bonds. The number of rotatable bonds is 5. The fraction of sp³-hybridized carbons (Fsp3) is 0.250. The van der Waals surface area contributed by atoms with Gasteiger partial charge in [-0.1, -0.05) is 11.2 Å². The Balaban J connectivity index is 1.88. The monoisotopic (exact) mass is 347 g/mol. The van der Waals surface area contributed by atoms with E-state index in [1.54, 1.807) is 6.20 Å². The highest BCUT2D eigenvalue weighted by molar-refractivity contribution is 5.94. The number of fused-ring (bicyclic) bond motifs is 1. The summed E-state index contributed by atoms with van der Waals surface area (Å²) in [7, 11) is 0. The van der Waals surface area contributed by atoms with Crippen LogP contribution in [0.2, 0.25) is 0 Å². The number of pyridine rings is 1. The first-order chi connectivity index (χ1) is 12.7. The van der Waals surface area contributed by atoms with Crippen molar-refractivity contribution < 1.29 is 4.52 Å². The first kappa shape index (κ1) is 16.3. The summed E-state index contributed by atoms with van der Waals surface area (Å²) in [6.45, 7) is 7.55. The molecule has 4 aromatic rings. The van der Waals surface area contributed by atoms with E-state index in [-0.39, 0.29) is 0 Å². The minimum atomic E-state index is 0.723. The molecule has 0 aliphatic rings. The summed E-state index contributed by atoms with van der Waals surface area (Å²) in [5, 5.41) is 7.53. The fourth-order valence-corrected chi connectivity index (χ4v) is 3.34. The van der Waals surface area contributed by atoms with Crippen LogP contribution < -0.4 is 5.32 Å². The SMILES string of the molecule is CCNc1cc(-c2c(C)noc2C)cc2c1ncn2Cc1cccnc1. The largest absolute Gasteiger partial charge is 0.383 e. The summed E-state index contributed by atoms with van der Waals surface area (Å²) in [6, 6.07) is 8.31. The molecule has 4 rings (SSSR count). The van der Waals surface area contributed by atoms with Crippen LogP contribution in [0.4, 0.5) is 5.69 Å². The predicted molar refractivity (Wildman–Crippen MR) is 102 cm³/mol. The quantitative estimate of drug-likeness (QED) is 0.586. The standard InChI is InChI=1S/C20H21N5O/c1-4-22-17-8-16(19-13(2)24-26-14(19)3)9-18-20(17)23-12-25(18)11-15-6-5-7-21-10-15/h5-10,12,22H,4,11H2,1-3H3. The van der Waals surface area contributed by atoms with Gasteiger partial charge in [-0.2, -0.15) is 0 Å². The van der Waals surface area contributed by atoms with Crippen LogP contribution in [0.25, 0.3) is 22.2 Å². The zero-order valence-corrected chi connectivity index (χ0v) is 15.2. The smallest absolute Gasteiger partial charge is 0.141 e. The van der Waals surface area contributed by atoms with Gasteiger partial charge in [0.1, 0.15) is 11.3 Å². The van der Waals surface area contributed by atoms with Crippen molar-refractivity contribution in [2.75, 3.05) is 11.9 Å². The molecule has 26 heavy (non-hydrogen) atoms. The van der Waals surface area contributed by atoms with Crippen LogP contribution in [0, 0.1) is 13.8 Å². The van der Waals surface area contributed by atoms with Crippen LogP contribution in [0.15, 0.2) is 47.5 Å². The summed E-state index contributed by atoms with van der Waals surface area (Å²) in [5.74, 6) is 0.822. The van der Waals surface area contributed by atoms with E-state index in [1.165, 1.54) is 0 Å². The highest BCUT2D eigenvalue weighted by atomic mass is 16.5. The lowest BCUT2D eigenvalue weighted by Crippen LogP contribution is -2.01. The zero-order valence-electron chi connectivity index (χ0n) is 15.2. The summed E-state index contributed by atoms with van der Waals surface area (Å²) >= 11 is 0. The molecule has 0 bridgehead atoms. The Bertz CT molecular complexity index is 1030. The number of aromatic nitrogens is 4. The van der Waals surface area contributed by atoms with Gasteiger partial charge in [0, 0.05) is 24.5 Å². The number of anilines is 1. The highest BCUT2D eigenvalue weighted by Crippen LogP contribution is 2.34. The molecule has 1 aromatic carbocycles. The van der Waals surface area contributed by atoms with Crippen molar-refractivity contribution in [3.63, 3.8) is 0 Å². The summed E-state index contributed by atoms with van der Waals surface area (Å²) in [4.78, 5) is 8.85. The number of nitrogens with one attached hydrogen (secondary N) is 1. The molecule has 3 aromatic heterocycles. The molecule has 0 atom stereocenters. The van der Waals surface area contributed by atoms with Crippen LogP contribution in [0.5, 0.6) is 0 Å². The van der Waals surface area contributed by atoms with Crippen molar-refractivity contribution in [2.24, 2.45) is 0 Å². The molecule has 0 aliphatic heterocycles. The Kier molecular flexibility index (Phi) is 4.16. The molecule has 132 valence electrons. The van der Waals surface area contributed by atoms with Crippen molar-refractivity contribution in [3.8, 4) is 11.1 Å². The molecule has 6 heteroatoms. The molecule has 0 unspecified atom stereocenters. The fourth-order valence-electron chi connectivity index (χ4n) is 3.34. The Labute approximate surface area is 151 Å². The van der Waals surface area contributed by atoms with Crippen LogP contribution in [0.1, 0.15) is 23.9 Å². The molecule has 0 aliphatic carbocycles. The third kappa shape index (κ3) is 2.83. The predicted octanol–water partition coefficient (Wildman–Crippen LogP) is 4.18. The molecule has 0 radical (unpaired) electrons. The van der Waals surface area contributed by atoms with E-state index in [2.05, 4.69) is 50.1 Å². The number of hydrogen-bond donors (Lipinski definition) is 1. The number of benzene rings is 1. The first-order valence-electron chi connectivity index (χ1n) is 8.72. The van der Waals surface area contributed by atoms with Gasteiger partial charge >= 0.3 is 0 Å². The van der Waals surface area contributed by atoms with Gasteiger partial charge in [0.05, 0.1) is 29.8 Å². The minimum Gasteiger partial charge on any atom is -0.383 e. The molecule has 0 saturated heterocycles. The van der Waals surface area contributed by atoms with E-state index in [9.17, 15) is 0 Å². The van der Waals surface area contributed by atoms with Crippen molar-refractivity contribution in [1.82, 2.24) is 19.7 Å². The second-order valence-electron chi connectivity index (χ2n) is 6.35. The van der Waals surface area contributed by atoms with E-state index in [0.29, 0.717) is 0 Å². The maximum Gasteiger partial charge on any atom is 0.141 e. The second-order valence-corrected chi connectivity index (χ2v) is 6.35. The van der Waals surface area contributed by atoms with Gasteiger partial charge in [-0.3, -0.25) is 4.98 Å². The lowest BCUT2D eigenvalue weighted by Gasteiger charge is -2.10. The first-order valence-corrected chi connectivity index (χ1v) is 8.72. The lowest BCUT2D eigenvalue weighted by atomic mass is 10.0. The van der Waals surface area contributed by atoms with Crippen molar-refractivity contribution in [2.45, 2.75) is 27.3 Å². The number of imidazole rings is 1. The zero-order chi connectivity index (χ0) is 18.1. The van der Waals surface area contributed by atoms with Crippen LogP contribution >= 0.6 is 0 Å². The maximum atomic E-state index is 5.37. The third-order valence-corrected chi connectivity index (χ3v) is 4.49. The normalized spacial score (nSPS) is 11.2. The van der Waals surface area contributed by atoms with Crippen LogP contribution in [-0.4, -0.2) is 26.2 Å². The average molecular weight is 347 g/mol. The lowest BCUT2D eigenvalue weighted by molar-refractivity contribution is 0.393. The van der Waals surface area contributed by atoms with Gasteiger partial charge in [-0.25, -0.2) is 4.98 Å². The van der Waals surface area contributed by atoms with Gasteiger partial charge in [-0.05, 0) is 50.1 Å². The van der Waals surface area contributed by atoms with E-state index < -0.39 is 0 Å². The Hall–Kier alpha value is -3.15. The Morgan fingerprint density at radius 2 is 2.12 bits per heavy atom. The molecule has 1 N–H and O–H groups in total. The minimum absolute atomic E-state index is 0.723. The van der Waals surface area contributed by atoms with E-state index in [4.69, 9.17) is 4.52 Å². The van der Waals surface area contributed by atoms with Crippen LogP contribution in [-0.2, 0) is 6.54 Å². The molecule has 0 fully saturated rings. The van der Waals surface area contributed by atoms with Crippen LogP contribution in [0.3, 0.4) is 0 Å². The van der Waals surface area contributed by atoms with Gasteiger partial charge in [-0.15, -0.1) is 0 Å². The summed E-state index contributed by atoms with van der Waals surface area (Å²) in [6.07, 6.45) is 5.55. The summed E-state index contributed by atoms with van der Waals surface area (Å²) in [5.41, 5.74) is 7.21. The topological polar surface area (TPSA) is 68.8 Å². The van der Waals surface area contributed by atoms with Crippen molar-refractivity contribution >= 4 is 16.7 Å². The molecule has 3 heterocycles. The van der Waals surface area contributed by atoms with Crippen molar-refractivity contribution in [3.05, 3.63) is 60.0 Å². The molecular formula is C20H21N5O. The van der Waals surface area contributed by atoms with E-state index >= 15 is 0 Å². The number of aryl methyl sites for hydroxylation is 2. The molecular weight excluding hydrogens is 326 g/mol. The average Bonchev–Trinajstić information content (AvgIpc) is 3.19. The van der Waals surface area contributed by atoms with E-state index in [0.717, 1.165) is 58.0 Å². The Morgan fingerprint density at radius 1 is 1.23 bits per heavy atom. The number of nitrogens with zero attached hydrogens (tertiary/aromatic N) is 4. The van der Waals surface area contributed by atoms with Gasteiger partial charge in [0.2, 0.25) is 0 Å². The number of hydrogen-bond acceptors (Lipinski definition) is 5. The van der Waals surface area contributed by atoms with Gasteiger partial charge < -0.3 is 14.4 Å². The van der Waals surface area contributed by atoms with Gasteiger partial charge in [0.15, 0.2) is 0 Å². The van der Waals surface area contributed by atoms with Crippen molar-refractivity contribution in [1.29, 1.82) is 0 Å². The maximum absolute atomic E-state index is 5.37. The molecule has 0 saturated carbocycles. The van der Waals surface area contributed by atoms with E-state index in [1.807, 2.05) is 32.4 Å². The highest BCUT2D eigenvalue weighted by Gasteiger charge is 2.16.